The average molecular weight is 209 g/mol. The fourth-order valence-corrected chi connectivity index (χ4v) is 1.72. The highest BCUT2D eigenvalue weighted by molar-refractivity contribution is 5.41. The van der Waals surface area contributed by atoms with Gasteiger partial charge in [0.1, 0.15) is 0 Å². The zero-order chi connectivity index (χ0) is 10.8. The van der Waals surface area contributed by atoms with Crippen molar-refractivity contribution in [3.05, 3.63) is 23.8 Å². The molecule has 0 saturated carbocycles. The quantitative estimate of drug-likeness (QED) is 0.680. The summed E-state index contributed by atoms with van der Waals surface area (Å²) in [6.07, 6.45) is -0.0183. The summed E-state index contributed by atoms with van der Waals surface area (Å²) in [6.45, 7) is 2.44. The lowest BCUT2D eigenvalue weighted by atomic mass is 10.1. The molecule has 4 nitrogen and oxygen atoms in total. The summed E-state index contributed by atoms with van der Waals surface area (Å²) in [5.74, 6) is -0.188. The molecule has 4 heteroatoms. The van der Waals surface area contributed by atoms with E-state index in [-0.39, 0.29) is 17.6 Å². The van der Waals surface area contributed by atoms with Crippen LogP contribution in [0.5, 0.6) is 11.5 Å². The SMILES string of the molecule is CN1CCOC(c2ccc(O)c(O)c2)C1. The van der Waals surface area contributed by atoms with Crippen LogP contribution < -0.4 is 0 Å². The van der Waals surface area contributed by atoms with Gasteiger partial charge < -0.3 is 19.8 Å². The summed E-state index contributed by atoms with van der Waals surface area (Å²) in [5, 5.41) is 18.6. The number of ether oxygens (including phenoxy) is 1. The lowest BCUT2D eigenvalue weighted by molar-refractivity contribution is -0.0210. The van der Waals surface area contributed by atoms with Crippen LogP contribution in [0.1, 0.15) is 11.7 Å². The number of benzene rings is 1. The topological polar surface area (TPSA) is 52.9 Å². The zero-order valence-electron chi connectivity index (χ0n) is 8.68. The molecule has 1 aliphatic rings. The number of phenolic OH excluding ortho intramolecular Hbond substituents is 2. The molecule has 2 N–H and O–H groups in total. The van der Waals surface area contributed by atoms with E-state index in [1.54, 1.807) is 12.1 Å². The summed E-state index contributed by atoms with van der Waals surface area (Å²) >= 11 is 0. The van der Waals surface area contributed by atoms with Crippen LogP contribution in [-0.4, -0.2) is 41.9 Å². The Kier molecular flexibility index (Phi) is 2.79. The van der Waals surface area contributed by atoms with E-state index in [2.05, 4.69) is 4.90 Å². The summed E-state index contributed by atoms with van der Waals surface area (Å²) in [5.41, 5.74) is 0.900. The maximum atomic E-state index is 9.38. The van der Waals surface area contributed by atoms with Crippen molar-refractivity contribution in [3.8, 4) is 11.5 Å². The van der Waals surface area contributed by atoms with E-state index in [0.717, 1.165) is 18.7 Å². The molecule has 0 aliphatic carbocycles. The zero-order valence-corrected chi connectivity index (χ0v) is 8.68. The molecule has 1 unspecified atom stereocenters. The molecular weight excluding hydrogens is 194 g/mol. The van der Waals surface area contributed by atoms with Crippen molar-refractivity contribution in [2.75, 3.05) is 26.7 Å². The van der Waals surface area contributed by atoms with Gasteiger partial charge in [-0.2, -0.15) is 0 Å². The molecule has 1 aromatic carbocycles. The molecule has 0 radical (unpaired) electrons. The third-order valence-corrected chi connectivity index (χ3v) is 2.64. The molecule has 82 valence electrons. The van der Waals surface area contributed by atoms with Gasteiger partial charge in [-0.1, -0.05) is 6.07 Å². The van der Waals surface area contributed by atoms with E-state index in [9.17, 15) is 10.2 Å². The van der Waals surface area contributed by atoms with Gasteiger partial charge in [0.15, 0.2) is 11.5 Å². The summed E-state index contributed by atoms with van der Waals surface area (Å²) in [7, 11) is 2.04. The Balaban J connectivity index is 2.18. The highest BCUT2D eigenvalue weighted by Crippen LogP contribution is 2.30. The minimum Gasteiger partial charge on any atom is -0.504 e. The van der Waals surface area contributed by atoms with Gasteiger partial charge >= 0.3 is 0 Å². The molecule has 1 aliphatic heterocycles. The Morgan fingerprint density at radius 3 is 2.80 bits per heavy atom. The number of hydrogen-bond donors (Lipinski definition) is 2. The molecule has 0 spiro atoms. The number of nitrogens with zero attached hydrogens (tertiary/aromatic N) is 1. The Morgan fingerprint density at radius 2 is 2.13 bits per heavy atom. The molecule has 2 rings (SSSR count). The van der Waals surface area contributed by atoms with Crippen molar-refractivity contribution >= 4 is 0 Å². The predicted molar refractivity (Wildman–Crippen MR) is 56.0 cm³/mol. The lowest BCUT2D eigenvalue weighted by Gasteiger charge is -2.30. The second kappa shape index (κ2) is 4.08. The highest BCUT2D eigenvalue weighted by Gasteiger charge is 2.20. The Morgan fingerprint density at radius 1 is 1.33 bits per heavy atom. The van der Waals surface area contributed by atoms with Crippen molar-refractivity contribution in [2.45, 2.75) is 6.10 Å². The average Bonchev–Trinajstić information content (AvgIpc) is 2.22. The van der Waals surface area contributed by atoms with E-state index in [1.807, 2.05) is 7.05 Å². The van der Waals surface area contributed by atoms with Crippen LogP contribution >= 0.6 is 0 Å². The molecule has 0 amide bonds. The first-order chi connectivity index (χ1) is 7.16. The Hall–Kier alpha value is -1.26. The molecule has 0 aromatic heterocycles. The highest BCUT2D eigenvalue weighted by atomic mass is 16.5. The van der Waals surface area contributed by atoms with Crippen LogP contribution in [0.2, 0.25) is 0 Å². The van der Waals surface area contributed by atoms with Crippen molar-refractivity contribution < 1.29 is 14.9 Å². The smallest absolute Gasteiger partial charge is 0.157 e. The van der Waals surface area contributed by atoms with Gasteiger partial charge in [0.2, 0.25) is 0 Å². The molecular formula is C11H15NO3. The Bertz CT molecular complexity index is 354. The maximum absolute atomic E-state index is 9.38. The summed E-state index contributed by atoms with van der Waals surface area (Å²) < 4.78 is 5.59. The van der Waals surface area contributed by atoms with Gasteiger partial charge in [-0.05, 0) is 24.7 Å². The summed E-state index contributed by atoms with van der Waals surface area (Å²) in [4.78, 5) is 2.18. The largest absolute Gasteiger partial charge is 0.504 e. The van der Waals surface area contributed by atoms with Crippen LogP contribution in [0.3, 0.4) is 0 Å². The fraction of sp³-hybridized carbons (Fsp3) is 0.455. The number of likely N-dealkylation sites (N-methyl/N-ethyl adjacent to an activating group) is 1. The monoisotopic (exact) mass is 209 g/mol. The molecule has 15 heavy (non-hydrogen) atoms. The third-order valence-electron chi connectivity index (χ3n) is 2.64. The minimum absolute atomic E-state index is 0.0183. The second-order valence-electron chi connectivity index (χ2n) is 3.87. The molecule has 1 fully saturated rings. The van der Waals surface area contributed by atoms with Crippen molar-refractivity contribution in [1.82, 2.24) is 4.90 Å². The first-order valence-electron chi connectivity index (χ1n) is 4.99. The van der Waals surface area contributed by atoms with Crippen LogP contribution in [0.15, 0.2) is 18.2 Å². The van der Waals surface area contributed by atoms with Crippen LogP contribution in [-0.2, 0) is 4.74 Å². The maximum Gasteiger partial charge on any atom is 0.157 e. The number of morpholine rings is 1. The van der Waals surface area contributed by atoms with Gasteiger partial charge in [-0.25, -0.2) is 0 Å². The molecule has 1 atom stereocenters. The lowest BCUT2D eigenvalue weighted by Crippen LogP contribution is -2.35. The van der Waals surface area contributed by atoms with E-state index in [1.165, 1.54) is 6.07 Å². The molecule has 1 heterocycles. The fourth-order valence-electron chi connectivity index (χ4n) is 1.72. The van der Waals surface area contributed by atoms with Crippen LogP contribution in [0.25, 0.3) is 0 Å². The van der Waals surface area contributed by atoms with Gasteiger partial charge in [-0.3, -0.25) is 0 Å². The molecule has 1 saturated heterocycles. The second-order valence-corrected chi connectivity index (χ2v) is 3.87. The minimum atomic E-state index is -0.0945. The summed E-state index contributed by atoms with van der Waals surface area (Å²) in [6, 6.07) is 4.82. The Labute approximate surface area is 88.7 Å². The normalized spacial score (nSPS) is 22.9. The predicted octanol–water partition coefficient (Wildman–Crippen LogP) is 1.10. The first kappa shape index (κ1) is 10.3. The number of aromatic hydroxyl groups is 2. The standard InChI is InChI=1S/C11H15NO3/c1-12-4-5-15-11(7-12)8-2-3-9(13)10(14)6-8/h2-3,6,11,13-14H,4-5,7H2,1H3. The van der Waals surface area contributed by atoms with Crippen molar-refractivity contribution in [2.24, 2.45) is 0 Å². The van der Waals surface area contributed by atoms with Crippen molar-refractivity contribution in [1.29, 1.82) is 0 Å². The van der Waals surface area contributed by atoms with Crippen molar-refractivity contribution in [3.63, 3.8) is 0 Å². The first-order valence-corrected chi connectivity index (χ1v) is 4.99. The number of rotatable bonds is 1. The van der Waals surface area contributed by atoms with Crippen LogP contribution in [0, 0.1) is 0 Å². The van der Waals surface area contributed by atoms with Gasteiger partial charge in [0.25, 0.3) is 0 Å². The van der Waals surface area contributed by atoms with E-state index in [0.29, 0.717) is 6.61 Å². The van der Waals surface area contributed by atoms with Gasteiger partial charge in [0, 0.05) is 13.1 Å². The van der Waals surface area contributed by atoms with Gasteiger partial charge in [-0.15, -0.1) is 0 Å². The van der Waals surface area contributed by atoms with E-state index < -0.39 is 0 Å². The van der Waals surface area contributed by atoms with E-state index in [4.69, 9.17) is 4.74 Å². The third kappa shape index (κ3) is 2.22. The number of hydrogen-bond acceptors (Lipinski definition) is 4. The van der Waals surface area contributed by atoms with E-state index >= 15 is 0 Å². The number of phenols is 2. The van der Waals surface area contributed by atoms with Gasteiger partial charge in [0.05, 0.1) is 12.7 Å². The van der Waals surface area contributed by atoms with Crippen LogP contribution in [0.4, 0.5) is 0 Å². The molecule has 0 bridgehead atoms. The molecule has 1 aromatic rings.